The summed E-state index contributed by atoms with van der Waals surface area (Å²) >= 11 is 1.10. The van der Waals surface area contributed by atoms with Crippen LogP contribution >= 0.6 is 11.8 Å². The van der Waals surface area contributed by atoms with Gasteiger partial charge in [-0.05, 0) is 50.6 Å². The number of fused-ring (bicyclic) bond motifs is 1. The van der Waals surface area contributed by atoms with Crippen LogP contribution in [0.3, 0.4) is 0 Å². The Labute approximate surface area is 181 Å². The van der Waals surface area contributed by atoms with E-state index >= 15 is 0 Å². The maximum Gasteiger partial charge on any atom is 0.266 e. The van der Waals surface area contributed by atoms with Gasteiger partial charge in [0.25, 0.3) is 5.56 Å². The summed E-state index contributed by atoms with van der Waals surface area (Å²) in [5.74, 6) is 0.115. The molecule has 0 bridgehead atoms. The Morgan fingerprint density at radius 2 is 1.97 bits per heavy atom. The fraction of sp³-hybridized carbons (Fsp3) is 0.182. The number of hydrogen-bond donors (Lipinski definition) is 1. The zero-order chi connectivity index (χ0) is 22.1. The molecule has 0 radical (unpaired) electrons. The van der Waals surface area contributed by atoms with E-state index in [-0.39, 0.29) is 16.6 Å². The van der Waals surface area contributed by atoms with Gasteiger partial charge in [0.05, 0.1) is 21.8 Å². The van der Waals surface area contributed by atoms with Crippen LogP contribution in [-0.4, -0.2) is 25.9 Å². The van der Waals surface area contributed by atoms with Crippen molar-refractivity contribution in [3.8, 4) is 5.69 Å². The van der Waals surface area contributed by atoms with Crippen LogP contribution in [0.2, 0.25) is 0 Å². The molecule has 0 saturated heterocycles. The van der Waals surface area contributed by atoms with E-state index in [1.54, 1.807) is 63.2 Å². The third-order valence-electron chi connectivity index (χ3n) is 4.69. The van der Waals surface area contributed by atoms with E-state index in [0.29, 0.717) is 33.7 Å². The van der Waals surface area contributed by atoms with Gasteiger partial charge in [-0.1, -0.05) is 35.1 Å². The molecule has 4 rings (SSSR count). The molecule has 7 nitrogen and oxygen atoms in total. The van der Waals surface area contributed by atoms with Crippen molar-refractivity contribution in [1.82, 2.24) is 14.7 Å². The van der Waals surface area contributed by atoms with E-state index in [1.165, 1.54) is 10.6 Å². The van der Waals surface area contributed by atoms with Crippen molar-refractivity contribution >= 4 is 34.4 Å². The molecule has 0 saturated carbocycles. The molecule has 0 aliphatic rings. The molecule has 0 aliphatic carbocycles. The van der Waals surface area contributed by atoms with Crippen molar-refractivity contribution in [3.05, 3.63) is 76.0 Å². The molecule has 1 N–H and O–H groups in total. The van der Waals surface area contributed by atoms with Crippen LogP contribution in [0, 0.1) is 19.7 Å². The molecule has 0 aliphatic heterocycles. The van der Waals surface area contributed by atoms with Crippen molar-refractivity contribution in [2.45, 2.75) is 31.2 Å². The van der Waals surface area contributed by atoms with Gasteiger partial charge in [0.2, 0.25) is 5.91 Å². The predicted molar refractivity (Wildman–Crippen MR) is 117 cm³/mol. The van der Waals surface area contributed by atoms with Gasteiger partial charge in [0.15, 0.2) is 11.0 Å². The van der Waals surface area contributed by atoms with Crippen LogP contribution in [0.25, 0.3) is 16.6 Å². The van der Waals surface area contributed by atoms with Gasteiger partial charge in [-0.3, -0.25) is 14.2 Å². The lowest BCUT2D eigenvalue weighted by molar-refractivity contribution is -0.115. The molecule has 1 amide bonds. The molecule has 1 atom stereocenters. The minimum atomic E-state index is -0.619. The number of benzene rings is 2. The Morgan fingerprint density at radius 3 is 2.68 bits per heavy atom. The largest absolute Gasteiger partial charge is 0.360 e. The average Bonchev–Trinajstić information content (AvgIpc) is 3.15. The number of rotatable bonds is 5. The van der Waals surface area contributed by atoms with Crippen molar-refractivity contribution in [2.75, 3.05) is 5.32 Å². The van der Waals surface area contributed by atoms with Gasteiger partial charge < -0.3 is 9.84 Å². The maximum atomic E-state index is 14.3. The zero-order valence-corrected chi connectivity index (χ0v) is 17.9. The number of halogens is 1. The number of carbonyl (C=O) groups is 1. The van der Waals surface area contributed by atoms with E-state index in [9.17, 15) is 14.0 Å². The highest BCUT2D eigenvalue weighted by atomic mass is 32.2. The fourth-order valence-electron chi connectivity index (χ4n) is 3.00. The summed E-state index contributed by atoms with van der Waals surface area (Å²) in [5, 5.41) is 6.50. The first-order valence-electron chi connectivity index (χ1n) is 9.52. The van der Waals surface area contributed by atoms with Crippen LogP contribution in [0.1, 0.15) is 18.2 Å². The van der Waals surface area contributed by atoms with Crippen LogP contribution < -0.4 is 10.9 Å². The Bertz CT molecular complexity index is 1350. The third-order valence-corrected chi connectivity index (χ3v) is 5.74. The topological polar surface area (TPSA) is 90.0 Å². The Kier molecular flexibility index (Phi) is 5.60. The van der Waals surface area contributed by atoms with Gasteiger partial charge in [-0.15, -0.1) is 0 Å². The average molecular weight is 438 g/mol. The maximum absolute atomic E-state index is 14.3. The predicted octanol–water partition coefficient (Wildman–Crippen LogP) is 4.25. The number of amides is 1. The first-order valence-corrected chi connectivity index (χ1v) is 10.4. The number of aromatic nitrogens is 3. The molecular formula is C22H19FN4O3S. The molecule has 31 heavy (non-hydrogen) atoms. The normalized spacial score (nSPS) is 12.1. The van der Waals surface area contributed by atoms with Gasteiger partial charge in [-0.2, -0.15) is 0 Å². The van der Waals surface area contributed by atoms with E-state index in [0.717, 1.165) is 11.8 Å². The number of aryl methyl sites for hydroxylation is 2. The number of nitrogens with one attached hydrogen (secondary N) is 1. The summed E-state index contributed by atoms with van der Waals surface area (Å²) in [6.45, 7) is 5.06. The SMILES string of the molecule is Cc1cc(NC(=O)C(C)Sc2nc3ccccc3c(=O)n2-c2ccc(C)c(F)c2)no1. The van der Waals surface area contributed by atoms with E-state index in [4.69, 9.17) is 4.52 Å². The summed E-state index contributed by atoms with van der Waals surface area (Å²) in [6, 6.07) is 13.1. The van der Waals surface area contributed by atoms with Gasteiger partial charge in [0, 0.05) is 6.07 Å². The molecule has 9 heteroatoms. The lowest BCUT2D eigenvalue weighted by Crippen LogP contribution is -2.26. The van der Waals surface area contributed by atoms with Gasteiger partial charge in [-0.25, -0.2) is 9.37 Å². The molecule has 2 aromatic heterocycles. The number of carbonyl (C=O) groups excluding carboxylic acids is 1. The van der Waals surface area contributed by atoms with Crippen LogP contribution in [0.15, 0.2) is 63.0 Å². The number of anilines is 1. The van der Waals surface area contributed by atoms with Crippen LogP contribution in [0.4, 0.5) is 10.2 Å². The standard InChI is InChI=1S/C22H19FN4O3S/c1-12-8-9-15(11-17(12)23)27-21(29)16-6-4-5-7-18(16)24-22(27)31-14(3)20(28)25-19-10-13(2)30-26-19/h4-11,14H,1-3H3,(H,25,26,28). The monoisotopic (exact) mass is 438 g/mol. The molecule has 158 valence electrons. The Morgan fingerprint density at radius 1 is 1.19 bits per heavy atom. The number of thioether (sulfide) groups is 1. The quantitative estimate of drug-likeness (QED) is 0.370. The highest BCUT2D eigenvalue weighted by molar-refractivity contribution is 8.00. The zero-order valence-electron chi connectivity index (χ0n) is 17.0. The highest BCUT2D eigenvalue weighted by Gasteiger charge is 2.21. The fourth-order valence-corrected chi connectivity index (χ4v) is 3.93. The molecule has 0 spiro atoms. The Hall–Kier alpha value is -3.46. The number of para-hydroxylation sites is 1. The second kappa shape index (κ2) is 8.35. The lowest BCUT2D eigenvalue weighted by atomic mass is 10.2. The van der Waals surface area contributed by atoms with Crippen molar-refractivity contribution in [2.24, 2.45) is 0 Å². The van der Waals surface area contributed by atoms with Crippen LogP contribution in [-0.2, 0) is 4.79 Å². The van der Waals surface area contributed by atoms with Crippen molar-refractivity contribution in [3.63, 3.8) is 0 Å². The lowest BCUT2D eigenvalue weighted by Gasteiger charge is -2.16. The summed E-state index contributed by atoms with van der Waals surface area (Å²) < 4.78 is 20.5. The summed E-state index contributed by atoms with van der Waals surface area (Å²) in [5.41, 5.74) is 0.971. The van der Waals surface area contributed by atoms with E-state index in [1.807, 2.05) is 0 Å². The molecule has 0 fully saturated rings. The second-order valence-electron chi connectivity index (χ2n) is 7.06. The highest BCUT2D eigenvalue weighted by Crippen LogP contribution is 2.26. The minimum absolute atomic E-state index is 0.283. The van der Waals surface area contributed by atoms with E-state index < -0.39 is 11.1 Å². The first-order chi connectivity index (χ1) is 14.8. The van der Waals surface area contributed by atoms with Gasteiger partial charge in [0.1, 0.15) is 11.6 Å². The van der Waals surface area contributed by atoms with E-state index in [2.05, 4.69) is 15.5 Å². The molecule has 1 unspecified atom stereocenters. The smallest absolute Gasteiger partial charge is 0.266 e. The van der Waals surface area contributed by atoms with Crippen molar-refractivity contribution in [1.29, 1.82) is 0 Å². The molecule has 2 aromatic carbocycles. The molecule has 2 heterocycles. The summed E-state index contributed by atoms with van der Waals surface area (Å²) in [6.07, 6.45) is 0. The second-order valence-corrected chi connectivity index (χ2v) is 8.37. The summed E-state index contributed by atoms with van der Waals surface area (Å²) in [4.78, 5) is 30.5. The Balaban J connectivity index is 1.75. The van der Waals surface area contributed by atoms with Crippen molar-refractivity contribution < 1.29 is 13.7 Å². The van der Waals surface area contributed by atoms with Gasteiger partial charge >= 0.3 is 0 Å². The minimum Gasteiger partial charge on any atom is -0.360 e. The van der Waals surface area contributed by atoms with Crippen LogP contribution in [0.5, 0.6) is 0 Å². The summed E-state index contributed by atoms with van der Waals surface area (Å²) in [7, 11) is 0. The number of hydrogen-bond acceptors (Lipinski definition) is 6. The number of nitrogens with zero attached hydrogens (tertiary/aromatic N) is 3. The third kappa shape index (κ3) is 4.22. The molecular weight excluding hydrogens is 419 g/mol. The molecule has 4 aromatic rings. The first kappa shape index (κ1) is 20.8.